The first-order valence-electron chi connectivity index (χ1n) is 2.16. The summed E-state index contributed by atoms with van der Waals surface area (Å²) in [4.78, 5) is 19.7. The second kappa shape index (κ2) is 3.25. The lowest BCUT2D eigenvalue weighted by Gasteiger charge is -1.83. The van der Waals surface area contributed by atoms with E-state index in [0.717, 1.165) is 0 Å². The Morgan fingerprint density at radius 2 is 1.90 bits per heavy atom. The van der Waals surface area contributed by atoms with Crippen LogP contribution in [0.5, 0.6) is 0 Å². The number of rotatable bonds is 2. The van der Waals surface area contributed by atoms with Crippen LogP contribution in [-0.2, 0) is 9.59 Å². The van der Waals surface area contributed by atoms with Gasteiger partial charge in [-0.15, -0.1) is 0 Å². The van der Waals surface area contributed by atoms with E-state index in [0.29, 0.717) is 6.08 Å². The van der Waals surface area contributed by atoms with E-state index in [1.165, 1.54) is 6.07 Å². The van der Waals surface area contributed by atoms with Crippen LogP contribution >= 0.6 is 0 Å². The second-order valence-electron chi connectivity index (χ2n) is 1.31. The minimum Gasteiger partial charge on any atom is -0.478 e. The van der Waals surface area contributed by atoms with E-state index in [-0.39, 0.29) is 0 Å². The molecule has 10 heavy (non-hydrogen) atoms. The van der Waals surface area contributed by atoms with Crippen molar-refractivity contribution in [1.82, 2.24) is 0 Å². The molecule has 0 fully saturated rings. The molecule has 0 heterocycles. The summed E-state index contributed by atoms with van der Waals surface area (Å²) in [6, 6.07) is 1.21. The Labute approximate surface area is 55.8 Å². The fourth-order valence-corrected chi connectivity index (χ4v) is 0.265. The molecule has 0 spiro atoms. The normalized spacial score (nSPS) is 10.1. The molecule has 0 amide bonds. The topological polar surface area (TPSA) is 98.4 Å². The molecule has 52 valence electrons. The lowest BCUT2D eigenvalue weighted by molar-refractivity contribution is -0.134. The molecule has 0 radical (unpaired) electrons. The second-order valence-corrected chi connectivity index (χ2v) is 1.31. The van der Waals surface area contributed by atoms with Gasteiger partial charge in [0.25, 0.3) is 0 Å². The highest BCUT2D eigenvalue weighted by Crippen LogP contribution is 1.90. The molecule has 0 saturated heterocycles. The molecular formula is C5H3NO4. The predicted molar refractivity (Wildman–Crippen MR) is 29.0 cm³/mol. The van der Waals surface area contributed by atoms with Crippen molar-refractivity contribution in [2.24, 2.45) is 0 Å². The third-order valence-electron chi connectivity index (χ3n) is 0.619. The Morgan fingerprint density at radius 1 is 1.40 bits per heavy atom. The molecule has 0 aromatic rings. The van der Waals surface area contributed by atoms with Crippen LogP contribution in [0.2, 0.25) is 0 Å². The van der Waals surface area contributed by atoms with E-state index in [2.05, 4.69) is 0 Å². The zero-order valence-corrected chi connectivity index (χ0v) is 4.74. The summed E-state index contributed by atoms with van der Waals surface area (Å²) in [5, 5.41) is 24.0. The Kier molecular flexibility index (Phi) is 2.65. The van der Waals surface area contributed by atoms with Crippen LogP contribution in [0.3, 0.4) is 0 Å². The van der Waals surface area contributed by atoms with Crippen molar-refractivity contribution in [3.63, 3.8) is 0 Å². The standard InChI is InChI=1S/C5H3NO4/c6-2-3(5(9)10)1-4(7)8/h1H,(H,7,8)(H,9,10). The molecule has 0 atom stereocenters. The fraction of sp³-hybridized carbons (Fsp3) is 0. The highest BCUT2D eigenvalue weighted by atomic mass is 16.4. The number of carboxylic acid groups (broad SMARTS) is 2. The zero-order chi connectivity index (χ0) is 8.15. The smallest absolute Gasteiger partial charge is 0.346 e. The van der Waals surface area contributed by atoms with Crippen molar-refractivity contribution in [2.75, 3.05) is 0 Å². The maximum atomic E-state index is 9.91. The van der Waals surface area contributed by atoms with Crippen LogP contribution in [-0.4, -0.2) is 22.2 Å². The largest absolute Gasteiger partial charge is 0.478 e. The molecule has 0 bridgehead atoms. The van der Waals surface area contributed by atoms with Crippen LogP contribution in [0.4, 0.5) is 0 Å². The van der Waals surface area contributed by atoms with Gasteiger partial charge in [0.05, 0.1) is 0 Å². The van der Waals surface area contributed by atoms with Gasteiger partial charge in [-0.25, -0.2) is 9.59 Å². The lowest BCUT2D eigenvalue weighted by atomic mass is 10.3. The van der Waals surface area contributed by atoms with Gasteiger partial charge in [0.15, 0.2) is 0 Å². The molecule has 5 nitrogen and oxygen atoms in total. The van der Waals surface area contributed by atoms with Gasteiger partial charge in [-0.1, -0.05) is 0 Å². The summed E-state index contributed by atoms with van der Waals surface area (Å²) < 4.78 is 0. The van der Waals surface area contributed by atoms with Gasteiger partial charge in [-0.05, 0) is 0 Å². The number of hydrogen-bond donors (Lipinski definition) is 2. The average molecular weight is 141 g/mol. The van der Waals surface area contributed by atoms with E-state index < -0.39 is 17.5 Å². The molecule has 0 aliphatic rings. The third kappa shape index (κ3) is 2.47. The van der Waals surface area contributed by atoms with Crippen molar-refractivity contribution < 1.29 is 19.8 Å². The predicted octanol–water partition coefficient (Wildman–Crippen LogP) is -0.394. The van der Waals surface area contributed by atoms with Crippen molar-refractivity contribution in [2.45, 2.75) is 0 Å². The van der Waals surface area contributed by atoms with E-state index in [9.17, 15) is 9.59 Å². The van der Waals surface area contributed by atoms with E-state index in [4.69, 9.17) is 15.5 Å². The minimum absolute atomic E-state index is 0.336. The number of hydrogen-bond acceptors (Lipinski definition) is 3. The molecule has 2 N–H and O–H groups in total. The van der Waals surface area contributed by atoms with E-state index in [1.54, 1.807) is 0 Å². The van der Waals surface area contributed by atoms with E-state index in [1.807, 2.05) is 0 Å². The SMILES string of the molecule is N#CC(=CC(=O)O)C(=O)O. The number of carboxylic acids is 2. The molecule has 0 aromatic carbocycles. The average Bonchev–Trinajstić information content (AvgIpc) is 1.81. The highest BCUT2D eigenvalue weighted by Gasteiger charge is 2.06. The van der Waals surface area contributed by atoms with Gasteiger partial charge in [-0.3, -0.25) is 0 Å². The van der Waals surface area contributed by atoms with Crippen molar-refractivity contribution in [1.29, 1.82) is 5.26 Å². The Hall–Kier alpha value is -1.83. The van der Waals surface area contributed by atoms with E-state index >= 15 is 0 Å². The fourth-order valence-electron chi connectivity index (χ4n) is 0.265. The van der Waals surface area contributed by atoms with Gasteiger partial charge < -0.3 is 10.2 Å². The van der Waals surface area contributed by atoms with Gasteiger partial charge in [0.2, 0.25) is 0 Å². The third-order valence-corrected chi connectivity index (χ3v) is 0.619. The summed E-state index contributed by atoms with van der Waals surface area (Å²) >= 11 is 0. The first-order valence-corrected chi connectivity index (χ1v) is 2.16. The first-order chi connectivity index (χ1) is 4.57. The van der Waals surface area contributed by atoms with Crippen LogP contribution in [0.1, 0.15) is 0 Å². The molecule has 0 rings (SSSR count). The maximum Gasteiger partial charge on any atom is 0.346 e. The number of aliphatic carboxylic acids is 2. The summed E-state index contributed by atoms with van der Waals surface area (Å²) in [7, 11) is 0. The Bertz CT molecular complexity index is 235. The zero-order valence-electron chi connectivity index (χ0n) is 4.74. The Balaban J connectivity index is 4.55. The molecule has 5 heteroatoms. The molecular weight excluding hydrogens is 138 g/mol. The highest BCUT2D eigenvalue weighted by molar-refractivity contribution is 5.97. The minimum atomic E-state index is -1.54. The van der Waals surface area contributed by atoms with Crippen molar-refractivity contribution in [3.8, 4) is 6.07 Å². The number of nitrogens with zero attached hydrogens (tertiary/aromatic N) is 1. The summed E-state index contributed by atoms with van der Waals surface area (Å²) in [5.74, 6) is -2.98. The molecule has 0 unspecified atom stereocenters. The molecule has 0 saturated carbocycles. The van der Waals surface area contributed by atoms with Gasteiger partial charge in [0.1, 0.15) is 11.6 Å². The summed E-state index contributed by atoms with van der Waals surface area (Å²) in [6.07, 6.45) is 0.336. The van der Waals surface area contributed by atoms with Gasteiger partial charge in [0, 0.05) is 6.08 Å². The maximum absolute atomic E-state index is 9.91. The number of nitriles is 1. The number of carbonyl (C=O) groups is 2. The van der Waals surface area contributed by atoms with Crippen LogP contribution in [0.25, 0.3) is 0 Å². The van der Waals surface area contributed by atoms with Crippen molar-refractivity contribution in [3.05, 3.63) is 11.6 Å². The van der Waals surface area contributed by atoms with Crippen molar-refractivity contribution >= 4 is 11.9 Å². The van der Waals surface area contributed by atoms with Gasteiger partial charge >= 0.3 is 11.9 Å². The Morgan fingerprint density at radius 3 is 2.00 bits per heavy atom. The van der Waals surface area contributed by atoms with Crippen LogP contribution in [0.15, 0.2) is 11.6 Å². The summed E-state index contributed by atoms with van der Waals surface area (Å²) in [6.45, 7) is 0. The molecule has 0 aliphatic heterocycles. The lowest BCUT2D eigenvalue weighted by Crippen LogP contribution is -2.01. The first kappa shape index (κ1) is 8.17. The van der Waals surface area contributed by atoms with Crippen LogP contribution in [0, 0.1) is 11.3 Å². The summed E-state index contributed by atoms with van der Waals surface area (Å²) in [5.41, 5.74) is -0.785. The molecule has 0 aliphatic carbocycles. The monoisotopic (exact) mass is 141 g/mol. The van der Waals surface area contributed by atoms with Crippen LogP contribution < -0.4 is 0 Å². The van der Waals surface area contributed by atoms with Gasteiger partial charge in [-0.2, -0.15) is 5.26 Å². The quantitative estimate of drug-likeness (QED) is 0.403. The molecule has 0 aromatic heterocycles.